The molecule has 1 rings (SSSR count). The maximum Gasteiger partial charge on any atom is 0.0462 e. The molecule has 0 fully saturated rings. The number of hydrogen-bond acceptors (Lipinski definition) is 1. The maximum absolute atomic E-state index is 9.51. The Morgan fingerprint density at radius 1 is 0.900 bits per heavy atom. The standard InChI is InChI=1S/C19H32O/c1-3-4-5-6-7-8-9-10-19(16-20)15-18-13-11-17(2)12-14-18/h11-14,19-20H,3-10,15-16H2,1-2H3. The first-order valence-electron chi connectivity index (χ1n) is 8.42. The van der Waals surface area contributed by atoms with E-state index in [1.165, 1.54) is 56.1 Å². The van der Waals surface area contributed by atoms with Gasteiger partial charge in [0.15, 0.2) is 0 Å². The lowest BCUT2D eigenvalue weighted by molar-refractivity contribution is 0.214. The van der Waals surface area contributed by atoms with Gasteiger partial charge in [0.1, 0.15) is 0 Å². The van der Waals surface area contributed by atoms with Crippen molar-refractivity contribution in [1.82, 2.24) is 0 Å². The summed E-state index contributed by atoms with van der Waals surface area (Å²) in [5.41, 5.74) is 2.67. The number of aliphatic hydroxyl groups is 1. The molecule has 20 heavy (non-hydrogen) atoms. The summed E-state index contributed by atoms with van der Waals surface area (Å²) in [7, 11) is 0. The van der Waals surface area contributed by atoms with Crippen LogP contribution in [0.3, 0.4) is 0 Å². The van der Waals surface area contributed by atoms with Gasteiger partial charge in [0, 0.05) is 6.61 Å². The molecule has 0 spiro atoms. The van der Waals surface area contributed by atoms with Crippen LogP contribution in [0.5, 0.6) is 0 Å². The van der Waals surface area contributed by atoms with E-state index < -0.39 is 0 Å². The lowest BCUT2D eigenvalue weighted by Crippen LogP contribution is -2.09. The Morgan fingerprint density at radius 2 is 1.50 bits per heavy atom. The first-order valence-corrected chi connectivity index (χ1v) is 8.42. The van der Waals surface area contributed by atoms with E-state index in [4.69, 9.17) is 0 Å². The highest BCUT2D eigenvalue weighted by molar-refractivity contribution is 5.21. The van der Waals surface area contributed by atoms with Gasteiger partial charge in [-0.15, -0.1) is 0 Å². The first-order chi connectivity index (χ1) is 9.76. The van der Waals surface area contributed by atoms with E-state index in [-0.39, 0.29) is 0 Å². The summed E-state index contributed by atoms with van der Waals surface area (Å²) in [6.45, 7) is 4.70. The number of unbranched alkanes of at least 4 members (excludes halogenated alkanes) is 6. The Morgan fingerprint density at radius 3 is 2.10 bits per heavy atom. The van der Waals surface area contributed by atoms with E-state index in [0.29, 0.717) is 12.5 Å². The lowest BCUT2D eigenvalue weighted by atomic mass is 9.93. The van der Waals surface area contributed by atoms with E-state index in [2.05, 4.69) is 38.1 Å². The van der Waals surface area contributed by atoms with E-state index in [1.807, 2.05) is 0 Å². The van der Waals surface area contributed by atoms with Crippen molar-refractivity contribution in [2.45, 2.75) is 71.6 Å². The van der Waals surface area contributed by atoms with Crippen LogP contribution in [-0.4, -0.2) is 11.7 Å². The zero-order chi connectivity index (χ0) is 14.6. The minimum atomic E-state index is 0.323. The van der Waals surface area contributed by atoms with Crippen molar-refractivity contribution in [1.29, 1.82) is 0 Å². The minimum absolute atomic E-state index is 0.323. The largest absolute Gasteiger partial charge is 0.396 e. The van der Waals surface area contributed by atoms with Crippen LogP contribution in [-0.2, 0) is 6.42 Å². The molecular formula is C19H32O. The zero-order valence-electron chi connectivity index (χ0n) is 13.4. The monoisotopic (exact) mass is 276 g/mol. The van der Waals surface area contributed by atoms with Crippen molar-refractivity contribution in [2.75, 3.05) is 6.61 Å². The van der Waals surface area contributed by atoms with Gasteiger partial charge in [-0.3, -0.25) is 0 Å². The number of benzene rings is 1. The number of rotatable bonds is 11. The molecule has 0 aromatic heterocycles. The molecule has 1 heteroatoms. The van der Waals surface area contributed by atoms with Crippen LogP contribution in [0, 0.1) is 12.8 Å². The first kappa shape index (κ1) is 17.2. The van der Waals surface area contributed by atoms with Crippen molar-refractivity contribution < 1.29 is 5.11 Å². The summed E-state index contributed by atoms with van der Waals surface area (Å²) < 4.78 is 0. The molecule has 0 heterocycles. The second kappa shape index (κ2) is 10.9. The van der Waals surface area contributed by atoms with Crippen LogP contribution < -0.4 is 0 Å². The average molecular weight is 276 g/mol. The molecule has 0 aliphatic carbocycles. The fourth-order valence-electron chi connectivity index (χ4n) is 2.71. The van der Waals surface area contributed by atoms with Gasteiger partial charge in [-0.1, -0.05) is 81.7 Å². The Balaban J connectivity index is 2.14. The quantitative estimate of drug-likeness (QED) is 0.545. The lowest BCUT2D eigenvalue weighted by Gasteiger charge is -2.14. The summed E-state index contributed by atoms with van der Waals surface area (Å²) in [5, 5.41) is 9.51. The van der Waals surface area contributed by atoms with Crippen LogP contribution in [0.2, 0.25) is 0 Å². The molecule has 1 aromatic carbocycles. The maximum atomic E-state index is 9.51. The van der Waals surface area contributed by atoms with E-state index in [0.717, 1.165) is 12.8 Å². The molecular weight excluding hydrogens is 244 g/mol. The van der Waals surface area contributed by atoms with Gasteiger partial charge in [-0.2, -0.15) is 0 Å². The fraction of sp³-hybridized carbons (Fsp3) is 0.684. The normalized spacial score (nSPS) is 12.6. The summed E-state index contributed by atoms with van der Waals surface area (Å²) in [6, 6.07) is 8.72. The second-order valence-electron chi connectivity index (χ2n) is 6.15. The van der Waals surface area contributed by atoms with Crippen LogP contribution in [0.15, 0.2) is 24.3 Å². The molecule has 0 bridgehead atoms. The van der Waals surface area contributed by atoms with Gasteiger partial charge >= 0.3 is 0 Å². The van der Waals surface area contributed by atoms with Gasteiger partial charge < -0.3 is 5.11 Å². The van der Waals surface area contributed by atoms with Gasteiger partial charge in [0.2, 0.25) is 0 Å². The third kappa shape index (κ3) is 7.69. The number of aryl methyl sites for hydroxylation is 1. The molecule has 1 nitrogen and oxygen atoms in total. The minimum Gasteiger partial charge on any atom is -0.396 e. The highest BCUT2D eigenvalue weighted by Crippen LogP contribution is 2.17. The summed E-state index contributed by atoms with van der Waals surface area (Å²) in [4.78, 5) is 0. The molecule has 114 valence electrons. The number of hydrogen-bond donors (Lipinski definition) is 1. The van der Waals surface area contributed by atoms with Gasteiger partial charge in [0.25, 0.3) is 0 Å². The smallest absolute Gasteiger partial charge is 0.0462 e. The predicted molar refractivity (Wildman–Crippen MR) is 88.1 cm³/mol. The molecule has 1 unspecified atom stereocenters. The molecule has 0 radical (unpaired) electrons. The fourth-order valence-corrected chi connectivity index (χ4v) is 2.71. The van der Waals surface area contributed by atoms with Crippen LogP contribution in [0.4, 0.5) is 0 Å². The molecule has 0 saturated heterocycles. The molecule has 1 atom stereocenters. The van der Waals surface area contributed by atoms with Crippen LogP contribution >= 0.6 is 0 Å². The molecule has 0 aliphatic rings. The van der Waals surface area contributed by atoms with Crippen LogP contribution in [0.1, 0.15) is 69.4 Å². The Kier molecular flexibility index (Phi) is 9.40. The van der Waals surface area contributed by atoms with Crippen molar-refractivity contribution in [3.05, 3.63) is 35.4 Å². The van der Waals surface area contributed by atoms with E-state index in [9.17, 15) is 5.11 Å². The highest BCUT2D eigenvalue weighted by Gasteiger charge is 2.08. The molecule has 0 saturated carbocycles. The summed E-state index contributed by atoms with van der Waals surface area (Å²) >= 11 is 0. The molecule has 0 aliphatic heterocycles. The Labute approximate surface area is 125 Å². The second-order valence-corrected chi connectivity index (χ2v) is 6.15. The van der Waals surface area contributed by atoms with Gasteiger partial charge in [-0.05, 0) is 31.2 Å². The molecule has 1 aromatic rings. The van der Waals surface area contributed by atoms with E-state index in [1.54, 1.807) is 0 Å². The SMILES string of the molecule is CCCCCCCCCC(CO)Cc1ccc(C)cc1. The van der Waals surface area contributed by atoms with Crippen molar-refractivity contribution in [3.63, 3.8) is 0 Å². The molecule has 1 N–H and O–H groups in total. The predicted octanol–water partition coefficient (Wildman–Crippen LogP) is 5.29. The van der Waals surface area contributed by atoms with Crippen molar-refractivity contribution >= 4 is 0 Å². The highest BCUT2D eigenvalue weighted by atomic mass is 16.3. The molecule has 0 amide bonds. The van der Waals surface area contributed by atoms with Crippen LogP contribution in [0.25, 0.3) is 0 Å². The Hall–Kier alpha value is -0.820. The van der Waals surface area contributed by atoms with Crippen molar-refractivity contribution in [2.24, 2.45) is 5.92 Å². The summed E-state index contributed by atoms with van der Waals surface area (Å²) in [5.74, 6) is 0.438. The zero-order valence-corrected chi connectivity index (χ0v) is 13.4. The van der Waals surface area contributed by atoms with Gasteiger partial charge in [-0.25, -0.2) is 0 Å². The third-order valence-corrected chi connectivity index (χ3v) is 4.12. The number of aliphatic hydroxyl groups excluding tert-OH is 1. The Bertz CT molecular complexity index is 328. The van der Waals surface area contributed by atoms with Crippen molar-refractivity contribution in [3.8, 4) is 0 Å². The topological polar surface area (TPSA) is 20.2 Å². The van der Waals surface area contributed by atoms with E-state index >= 15 is 0 Å². The van der Waals surface area contributed by atoms with Gasteiger partial charge in [0.05, 0.1) is 0 Å². The average Bonchev–Trinajstić information content (AvgIpc) is 2.47. The summed E-state index contributed by atoms with van der Waals surface area (Å²) in [6.07, 6.45) is 11.6. The third-order valence-electron chi connectivity index (χ3n) is 4.12.